The molecule has 1 radical (unpaired) electrons. The van der Waals surface area contributed by atoms with Crippen LogP contribution in [-0.2, 0) is 21.7 Å². The topological polar surface area (TPSA) is 62.5 Å². The second kappa shape index (κ2) is 50.4. The Bertz CT molecular complexity index is 147. The normalized spacial score (nSPS) is 8.89. The number of aliphatic hydroxyl groups is 1. The maximum Gasteiger partial charge on any atom is 3.00 e. The maximum absolute atomic E-state index is 8.51. The minimum atomic E-state index is 0. The third kappa shape index (κ3) is 75.6. The van der Waals surface area contributed by atoms with Crippen LogP contribution in [-0.4, -0.2) is 51.0 Å². The molecule has 0 aromatic carbocycles. The van der Waals surface area contributed by atoms with Crippen molar-refractivity contribution < 1.29 is 26.8 Å². The summed E-state index contributed by atoms with van der Waals surface area (Å²) >= 11 is 0. The SMILES string of the molecule is CCCCCCCCCCO.CC[N-]CC.CC[N-]CC.CC[N-]CC.[Ti+3]. The standard InChI is InChI=1S/C10H22O.3C4H10N.Ti/c1-2-3-4-5-6-7-8-9-10-11;3*1-3-5-4-2;/h11H,2-10H2,1H3;3*3-4H2,1-2H3;/q;3*-1;+3. The number of rotatable bonds is 14. The molecule has 0 atom stereocenters. The molecule has 0 aliphatic carbocycles. The van der Waals surface area contributed by atoms with Crippen LogP contribution in [0, 0.1) is 0 Å². The first-order valence-corrected chi connectivity index (χ1v) is 11.2. The quantitative estimate of drug-likeness (QED) is 0.231. The molecule has 0 spiro atoms. The van der Waals surface area contributed by atoms with Gasteiger partial charge in [0.15, 0.2) is 0 Å². The van der Waals surface area contributed by atoms with Gasteiger partial charge in [-0.25, -0.2) is 0 Å². The zero-order valence-corrected chi connectivity index (χ0v) is 21.5. The zero-order valence-electron chi connectivity index (χ0n) is 19.9. The molecule has 0 bridgehead atoms. The maximum atomic E-state index is 8.51. The van der Waals surface area contributed by atoms with Crippen LogP contribution in [0.2, 0.25) is 0 Å². The molecule has 0 rings (SSSR count). The first-order chi connectivity index (χ1) is 12.7. The van der Waals surface area contributed by atoms with E-state index >= 15 is 0 Å². The number of unbranched alkanes of at least 4 members (excludes halogenated alkanes) is 7. The van der Waals surface area contributed by atoms with Gasteiger partial charge in [-0.3, -0.25) is 0 Å². The van der Waals surface area contributed by atoms with E-state index in [1.54, 1.807) is 0 Å². The Morgan fingerprint density at radius 3 is 0.889 bits per heavy atom. The van der Waals surface area contributed by atoms with E-state index in [0.29, 0.717) is 6.61 Å². The van der Waals surface area contributed by atoms with E-state index in [9.17, 15) is 0 Å². The van der Waals surface area contributed by atoms with Gasteiger partial charge < -0.3 is 21.1 Å². The number of nitrogens with zero attached hydrogens (tertiary/aromatic N) is 3. The fraction of sp³-hybridized carbons (Fsp3) is 1.00. The predicted octanol–water partition coefficient (Wildman–Crippen LogP) is 7.32. The van der Waals surface area contributed by atoms with Gasteiger partial charge in [0.2, 0.25) is 0 Å². The first kappa shape index (κ1) is 38.2. The summed E-state index contributed by atoms with van der Waals surface area (Å²) in [5, 5.41) is 20.4. The largest absolute Gasteiger partial charge is 3.00 e. The van der Waals surface area contributed by atoms with E-state index < -0.39 is 0 Å². The van der Waals surface area contributed by atoms with Crippen molar-refractivity contribution in [3.63, 3.8) is 0 Å². The molecule has 0 aromatic heterocycles. The molecule has 0 heterocycles. The summed E-state index contributed by atoms with van der Waals surface area (Å²) in [5.41, 5.74) is 0. The molecule has 0 fully saturated rings. The minimum Gasteiger partial charge on any atom is -0.663 e. The Labute approximate surface area is 188 Å². The van der Waals surface area contributed by atoms with Crippen LogP contribution in [0.3, 0.4) is 0 Å². The fourth-order valence-electron chi connectivity index (χ4n) is 1.92. The van der Waals surface area contributed by atoms with Gasteiger partial charge in [-0.1, -0.05) is 93.4 Å². The molecule has 27 heavy (non-hydrogen) atoms. The van der Waals surface area contributed by atoms with Crippen LogP contribution in [0.15, 0.2) is 0 Å². The van der Waals surface area contributed by atoms with E-state index in [1.807, 2.05) is 41.5 Å². The second-order valence-corrected chi connectivity index (χ2v) is 5.77. The molecule has 0 unspecified atom stereocenters. The molecule has 0 aliphatic rings. The summed E-state index contributed by atoms with van der Waals surface area (Å²) in [6, 6.07) is 0. The Morgan fingerprint density at radius 1 is 0.444 bits per heavy atom. The van der Waals surface area contributed by atoms with Gasteiger partial charge in [0, 0.05) is 6.61 Å². The molecular weight excluding hydrogens is 370 g/mol. The van der Waals surface area contributed by atoms with Crippen molar-refractivity contribution >= 4 is 0 Å². The van der Waals surface area contributed by atoms with Crippen molar-refractivity contribution in [1.82, 2.24) is 0 Å². The average molecular weight is 423 g/mol. The summed E-state index contributed by atoms with van der Waals surface area (Å²) in [4.78, 5) is 0. The van der Waals surface area contributed by atoms with Crippen LogP contribution in [0.1, 0.15) is 99.8 Å². The molecule has 0 saturated carbocycles. The smallest absolute Gasteiger partial charge is 0.663 e. The van der Waals surface area contributed by atoms with Gasteiger partial charge in [0.05, 0.1) is 0 Å². The molecule has 0 aromatic rings. The Morgan fingerprint density at radius 2 is 0.704 bits per heavy atom. The van der Waals surface area contributed by atoms with E-state index in [-0.39, 0.29) is 21.7 Å². The molecule has 0 amide bonds. The van der Waals surface area contributed by atoms with E-state index in [1.165, 1.54) is 44.9 Å². The van der Waals surface area contributed by atoms with Crippen LogP contribution in [0.4, 0.5) is 0 Å². The Balaban J connectivity index is -0.0000000858. The van der Waals surface area contributed by atoms with Crippen molar-refractivity contribution in [2.45, 2.75) is 99.8 Å². The third-order valence-corrected chi connectivity index (χ3v) is 3.35. The number of aliphatic hydroxyl groups excluding tert-OH is 1. The molecule has 0 aliphatic heterocycles. The van der Waals surface area contributed by atoms with Crippen LogP contribution in [0.25, 0.3) is 16.0 Å². The minimum absolute atomic E-state index is 0. The third-order valence-electron chi connectivity index (χ3n) is 3.35. The van der Waals surface area contributed by atoms with Gasteiger partial charge in [0.25, 0.3) is 0 Å². The fourth-order valence-corrected chi connectivity index (χ4v) is 1.92. The molecule has 0 saturated heterocycles. The van der Waals surface area contributed by atoms with Gasteiger partial charge >= 0.3 is 21.7 Å². The van der Waals surface area contributed by atoms with Gasteiger partial charge in [-0.15, -0.1) is 0 Å². The van der Waals surface area contributed by atoms with Crippen LogP contribution < -0.4 is 0 Å². The Hall–Kier alpha value is 0.554. The molecule has 4 nitrogen and oxygen atoms in total. The summed E-state index contributed by atoms with van der Waals surface area (Å²) < 4.78 is 0. The summed E-state index contributed by atoms with van der Waals surface area (Å²) in [7, 11) is 0. The van der Waals surface area contributed by atoms with Gasteiger partial charge in [0.1, 0.15) is 0 Å². The van der Waals surface area contributed by atoms with Crippen molar-refractivity contribution in [1.29, 1.82) is 0 Å². The number of hydrogen-bond acceptors (Lipinski definition) is 1. The Kier molecular flexibility index (Phi) is 71.3. The summed E-state index contributed by atoms with van der Waals surface area (Å²) in [6.07, 6.45) is 10.4. The van der Waals surface area contributed by atoms with Gasteiger partial charge in [-0.05, 0) is 6.42 Å². The predicted molar refractivity (Wildman–Crippen MR) is 123 cm³/mol. The van der Waals surface area contributed by atoms with Crippen molar-refractivity contribution in [3.8, 4) is 0 Å². The van der Waals surface area contributed by atoms with Crippen LogP contribution >= 0.6 is 0 Å². The van der Waals surface area contributed by atoms with Gasteiger partial charge in [-0.2, -0.15) is 39.3 Å². The second-order valence-electron chi connectivity index (χ2n) is 5.77. The molecule has 165 valence electrons. The van der Waals surface area contributed by atoms with E-state index in [4.69, 9.17) is 5.11 Å². The van der Waals surface area contributed by atoms with E-state index in [2.05, 4.69) is 22.9 Å². The summed E-state index contributed by atoms with van der Waals surface area (Å²) in [5.74, 6) is 0. The monoisotopic (exact) mass is 422 g/mol. The number of hydrogen-bond donors (Lipinski definition) is 1. The average Bonchev–Trinajstić information content (AvgIpc) is 2.65. The molecule has 1 N–H and O–H groups in total. The van der Waals surface area contributed by atoms with Crippen LogP contribution in [0.5, 0.6) is 0 Å². The summed E-state index contributed by atoms with van der Waals surface area (Å²) in [6.45, 7) is 20.7. The van der Waals surface area contributed by atoms with E-state index in [0.717, 1.165) is 45.7 Å². The molecular formula is C22H52N3OTi. The van der Waals surface area contributed by atoms with Crippen molar-refractivity contribution in [2.75, 3.05) is 45.9 Å². The first-order valence-electron chi connectivity index (χ1n) is 11.2. The molecule has 5 heteroatoms. The van der Waals surface area contributed by atoms with Crippen molar-refractivity contribution in [3.05, 3.63) is 16.0 Å². The zero-order chi connectivity index (χ0) is 20.7. The van der Waals surface area contributed by atoms with Crippen molar-refractivity contribution in [2.24, 2.45) is 0 Å².